The monoisotopic (exact) mass is 420 g/mol. The quantitative estimate of drug-likeness (QED) is 0.418. The summed E-state index contributed by atoms with van der Waals surface area (Å²) in [5.74, 6) is 0.0735. The molecule has 2 heterocycles. The smallest absolute Gasteiger partial charge is 0.337 e. The Labute approximate surface area is 169 Å². The zero-order valence-corrected chi connectivity index (χ0v) is 15.9. The Morgan fingerprint density at radius 2 is 1.96 bits per heavy atom. The number of nitrogens with zero attached hydrogens (tertiary/aromatic N) is 2. The van der Waals surface area contributed by atoms with Crippen molar-refractivity contribution in [2.75, 3.05) is 0 Å². The molecule has 9 heteroatoms. The highest BCUT2D eigenvalue weighted by atomic mass is 35.5. The Hall–Kier alpha value is -2.61. The van der Waals surface area contributed by atoms with Crippen molar-refractivity contribution in [1.82, 2.24) is 10.1 Å². The Morgan fingerprint density at radius 1 is 1.21 bits per heavy atom. The largest absolute Gasteiger partial charge is 0.478 e. The van der Waals surface area contributed by atoms with Gasteiger partial charge < -0.3 is 14.5 Å². The third-order valence-corrected chi connectivity index (χ3v) is 4.93. The zero-order valence-electron chi connectivity index (χ0n) is 14.4. The van der Waals surface area contributed by atoms with Crippen molar-refractivity contribution in [2.24, 2.45) is 0 Å². The van der Waals surface area contributed by atoms with Crippen molar-refractivity contribution in [1.29, 1.82) is 0 Å². The average molecular weight is 421 g/mol. The van der Waals surface area contributed by atoms with Crippen LogP contribution in [0.15, 0.2) is 41.1 Å². The highest BCUT2D eigenvalue weighted by Crippen LogP contribution is 2.46. The van der Waals surface area contributed by atoms with Gasteiger partial charge in [-0.05, 0) is 31.0 Å². The standard InChI is InChI=1S/C19H14Cl2N2O5/c20-13-2-1-3-14(21)16(13)17-12(18(27-23-17)10-4-5-10)9-26-28-15-7-6-11(8-22-15)19(24)25/h1-3,6-8,10H,4-5,9H2,(H,24,25). The van der Waals surface area contributed by atoms with Gasteiger partial charge in [-0.2, -0.15) is 4.89 Å². The van der Waals surface area contributed by atoms with Crippen LogP contribution in [0.4, 0.5) is 0 Å². The fourth-order valence-electron chi connectivity index (χ4n) is 2.75. The van der Waals surface area contributed by atoms with Crippen LogP contribution in [0, 0.1) is 0 Å². The third kappa shape index (κ3) is 3.82. The van der Waals surface area contributed by atoms with E-state index < -0.39 is 5.97 Å². The number of aromatic carboxylic acids is 1. The number of hydrogen-bond acceptors (Lipinski definition) is 6. The predicted molar refractivity (Wildman–Crippen MR) is 101 cm³/mol. The van der Waals surface area contributed by atoms with Gasteiger partial charge in [0.05, 0.1) is 21.2 Å². The van der Waals surface area contributed by atoms with E-state index in [1.807, 2.05) is 0 Å². The Kier molecular flexibility index (Phi) is 5.21. The summed E-state index contributed by atoms with van der Waals surface area (Å²) in [6, 6.07) is 7.98. The Morgan fingerprint density at radius 3 is 2.57 bits per heavy atom. The molecule has 0 unspecified atom stereocenters. The fraction of sp³-hybridized carbons (Fsp3) is 0.211. The summed E-state index contributed by atoms with van der Waals surface area (Å²) in [6.45, 7) is 0.0363. The summed E-state index contributed by atoms with van der Waals surface area (Å²) in [5.41, 5.74) is 1.84. The number of hydrogen-bond donors (Lipinski definition) is 1. The molecule has 3 aromatic rings. The summed E-state index contributed by atoms with van der Waals surface area (Å²) < 4.78 is 5.55. The molecule has 1 aliphatic rings. The van der Waals surface area contributed by atoms with Gasteiger partial charge >= 0.3 is 5.97 Å². The SMILES string of the molecule is O=C(O)c1ccc(OOCc2c(-c3c(Cl)cccc3Cl)noc2C2CC2)nc1. The highest BCUT2D eigenvalue weighted by molar-refractivity contribution is 6.39. The maximum atomic E-state index is 10.9. The predicted octanol–water partition coefficient (Wildman–Crippen LogP) is 5.13. The molecule has 1 aliphatic carbocycles. The van der Waals surface area contributed by atoms with Crippen molar-refractivity contribution >= 4 is 29.2 Å². The molecule has 1 fully saturated rings. The first-order valence-corrected chi connectivity index (χ1v) is 9.22. The van der Waals surface area contributed by atoms with Gasteiger partial charge in [-0.3, -0.25) is 0 Å². The molecule has 0 radical (unpaired) electrons. The van der Waals surface area contributed by atoms with Gasteiger partial charge in [-0.25, -0.2) is 9.78 Å². The molecule has 1 N–H and O–H groups in total. The van der Waals surface area contributed by atoms with Crippen LogP contribution in [0.25, 0.3) is 11.3 Å². The lowest BCUT2D eigenvalue weighted by Crippen LogP contribution is -2.03. The van der Waals surface area contributed by atoms with E-state index in [-0.39, 0.29) is 24.0 Å². The second kappa shape index (κ2) is 7.79. The molecule has 0 amide bonds. The van der Waals surface area contributed by atoms with Gasteiger partial charge in [-0.1, -0.05) is 34.4 Å². The molecule has 0 bridgehead atoms. The first-order valence-electron chi connectivity index (χ1n) is 8.46. The van der Waals surface area contributed by atoms with Gasteiger partial charge in [-0.15, -0.1) is 0 Å². The van der Waals surface area contributed by atoms with Gasteiger partial charge in [0.15, 0.2) is 0 Å². The summed E-state index contributed by atoms with van der Waals surface area (Å²) in [4.78, 5) is 25.3. The molecule has 0 atom stereocenters. The van der Waals surface area contributed by atoms with Gasteiger partial charge in [0, 0.05) is 23.7 Å². The number of carboxylic acids is 1. The number of halogens is 2. The second-order valence-electron chi connectivity index (χ2n) is 6.28. The molecule has 144 valence electrons. The van der Waals surface area contributed by atoms with Crippen LogP contribution in [0.5, 0.6) is 5.88 Å². The maximum Gasteiger partial charge on any atom is 0.337 e. The Balaban J connectivity index is 1.55. The molecule has 2 aromatic heterocycles. The van der Waals surface area contributed by atoms with Crippen molar-refractivity contribution in [3.05, 3.63) is 63.5 Å². The van der Waals surface area contributed by atoms with E-state index in [0.29, 0.717) is 26.9 Å². The van der Waals surface area contributed by atoms with Gasteiger partial charge in [0.25, 0.3) is 5.88 Å². The molecule has 7 nitrogen and oxygen atoms in total. The third-order valence-electron chi connectivity index (χ3n) is 4.30. The summed E-state index contributed by atoms with van der Waals surface area (Å²) in [6.07, 6.45) is 3.21. The van der Waals surface area contributed by atoms with E-state index in [4.69, 9.17) is 42.6 Å². The Bertz CT molecular complexity index is 995. The normalized spacial score (nSPS) is 13.5. The van der Waals surface area contributed by atoms with Crippen molar-refractivity contribution in [3.8, 4) is 17.1 Å². The lowest BCUT2D eigenvalue weighted by atomic mass is 10.0. The number of carbonyl (C=O) groups is 1. The van der Waals surface area contributed by atoms with Crippen LogP contribution in [-0.2, 0) is 11.5 Å². The summed E-state index contributed by atoms with van der Waals surface area (Å²) >= 11 is 12.6. The average Bonchev–Trinajstić information content (AvgIpc) is 3.44. The molecule has 0 spiro atoms. The molecule has 0 saturated heterocycles. The minimum Gasteiger partial charge on any atom is -0.478 e. The van der Waals surface area contributed by atoms with Crippen molar-refractivity contribution < 1.29 is 24.2 Å². The minimum atomic E-state index is -1.07. The highest BCUT2D eigenvalue weighted by Gasteiger charge is 2.33. The van der Waals surface area contributed by atoms with E-state index in [1.165, 1.54) is 18.3 Å². The molecular weight excluding hydrogens is 407 g/mol. The first kappa shape index (κ1) is 18.7. The number of carboxylic acid groups (broad SMARTS) is 1. The summed E-state index contributed by atoms with van der Waals surface area (Å²) in [5, 5.41) is 14.0. The van der Waals surface area contributed by atoms with E-state index in [2.05, 4.69) is 10.1 Å². The van der Waals surface area contributed by atoms with E-state index in [0.717, 1.165) is 18.6 Å². The van der Waals surface area contributed by atoms with E-state index in [1.54, 1.807) is 18.2 Å². The van der Waals surface area contributed by atoms with Crippen LogP contribution in [0.1, 0.15) is 40.4 Å². The molecule has 4 rings (SSSR count). The van der Waals surface area contributed by atoms with Gasteiger partial charge in [0.1, 0.15) is 18.1 Å². The lowest BCUT2D eigenvalue weighted by Gasteiger charge is -2.08. The maximum absolute atomic E-state index is 10.9. The fourth-order valence-corrected chi connectivity index (χ4v) is 3.33. The van der Waals surface area contributed by atoms with Crippen LogP contribution in [0.3, 0.4) is 0 Å². The molecule has 1 aromatic carbocycles. The molecule has 28 heavy (non-hydrogen) atoms. The van der Waals surface area contributed by atoms with Crippen molar-refractivity contribution in [3.63, 3.8) is 0 Å². The van der Waals surface area contributed by atoms with Crippen LogP contribution >= 0.6 is 23.2 Å². The van der Waals surface area contributed by atoms with Gasteiger partial charge in [0.2, 0.25) is 0 Å². The number of aromatic nitrogens is 2. The number of rotatable bonds is 7. The minimum absolute atomic E-state index is 0.0363. The lowest BCUT2D eigenvalue weighted by molar-refractivity contribution is -0.220. The van der Waals surface area contributed by atoms with Crippen LogP contribution in [0.2, 0.25) is 10.0 Å². The molecule has 0 aliphatic heterocycles. The molecular formula is C19H14Cl2N2O5. The topological polar surface area (TPSA) is 94.7 Å². The number of benzene rings is 1. The summed E-state index contributed by atoms with van der Waals surface area (Å²) in [7, 11) is 0. The zero-order chi connectivity index (χ0) is 19.7. The van der Waals surface area contributed by atoms with Crippen LogP contribution < -0.4 is 4.89 Å². The number of pyridine rings is 1. The molecule has 1 saturated carbocycles. The van der Waals surface area contributed by atoms with E-state index in [9.17, 15) is 4.79 Å². The van der Waals surface area contributed by atoms with E-state index >= 15 is 0 Å². The van der Waals surface area contributed by atoms with Crippen molar-refractivity contribution in [2.45, 2.75) is 25.4 Å². The first-order chi connectivity index (χ1) is 13.5. The second-order valence-corrected chi connectivity index (χ2v) is 7.10. The van der Waals surface area contributed by atoms with Crippen LogP contribution in [-0.4, -0.2) is 21.2 Å².